The molecule has 1 aromatic carbocycles. The summed E-state index contributed by atoms with van der Waals surface area (Å²) in [5, 5.41) is 7.05. The Morgan fingerprint density at radius 3 is 2.81 bits per heavy atom. The first-order valence-electron chi connectivity index (χ1n) is 4.84. The molecule has 0 saturated carbocycles. The average Bonchev–Trinajstić information content (AvgIpc) is 2.71. The van der Waals surface area contributed by atoms with Gasteiger partial charge >= 0.3 is 0 Å². The van der Waals surface area contributed by atoms with Crippen LogP contribution in [0.3, 0.4) is 0 Å². The highest BCUT2D eigenvalue weighted by atomic mass is 19.2. The Morgan fingerprint density at radius 2 is 2.12 bits per heavy atom. The molecule has 0 aliphatic heterocycles. The van der Waals surface area contributed by atoms with Gasteiger partial charge in [0.2, 0.25) is 0 Å². The molecule has 3 nitrogen and oxygen atoms in total. The van der Waals surface area contributed by atoms with Crippen molar-refractivity contribution in [2.24, 2.45) is 0 Å². The lowest BCUT2D eigenvalue weighted by Crippen LogP contribution is -2.03. The molecule has 84 valence electrons. The molecule has 1 heterocycles. The molecule has 0 radical (unpaired) electrons. The number of aromatic nitrogens is 2. The van der Waals surface area contributed by atoms with Gasteiger partial charge in [-0.1, -0.05) is 0 Å². The SMILES string of the molecule is CNCc1cnn(-c2ccc(F)c(F)c2)c1. The van der Waals surface area contributed by atoms with Gasteiger partial charge in [-0.05, 0) is 19.2 Å². The van der Waals surface area contributed by atoms with Gasteiger partial charge in [0.1, 0.15) is 0 Å². The Morgan fingerprint density at radius 1 is 1.31 bits per heavy atom. The summed E-state index contributed by atoms with van der Waals surface area (Å²) in [5.74, 6) is -1.73. The van der Waals surface area contributed by atoms with E-state index in [-0.39, 0.29) is 0 Å². The van der Waals surface area contributed by atoms with Crippen molar-refractivity contribution < 1.29 is 8.78 Å². The smallest absolute Gasteiger partial charge is 0.160 e. The molecule has 0 unspecified atom stereocenters. The summed E-state index contributed by atoms with van der Waals surface area (Å²) in [6.45, 7) is 0.684. The first-order valence-corrected chi connectivity index (χ1v) is 4.84. The van der Waals surface area contributed by atoms with Crippen LogP contribution in [0, 0.1) is 11.6 Å². The summed E-state index contributed by atoms with van der Waals surface area (Å²) in [5.41, 5.74) is 1.48. The molecule has 0 amide bonds. The van der Waals surface area contributed by atoms with E-state index in [0.717, 1.165) is 17.7 Å². The van der Waals surface area contributed by atoms with E-state index in [4.69, 9.17) is 0 Å². The highest BCUT2D eigenvalue weighted by Gasteiger charge is 2.05. The molecule has 0 fully saturated rings. The predicted octanol–water partition coefficient (Wildman–Crippen LogP) is 1.87. The Hall–Kier alpha value is -1.75. The Bertz CT molecular complexity index is 494. The van der Waals surface area contributed by atoms with Gasteiger partial charge in [-0.15, -0.1) is 0 Å². The summed E-state index contributed by atoms with van der Waals surface area (Å²) in [7, 11) is 1.83. The number of benzene rings is 1. The maximum Gasteiger partial charge on any atom is 0.160 e. The molecule has 0 saturated heterocycles. The lowest BCUT2D eigenvalue weighted by atomic mass is 10.3. The quantitative estimate of drug-likeness (QED) is 0.860. The van der Waals surface area contributed by atoms with E-state index in [0.29, 0.717) is 12.2 Å². The largest absolute Gasteiger partial charge is 0.316 e. The third-order valence-corrected chi connectivity index (χ3v) is 2.18. The van der Waals surface area contributed by atoms with Gasteiger partial charge in [0.05, 0.1) is 11.9 Å². The van der Waals surface area contributed by atoms with Crippen molar-refractivity contribution in [1.29, 1.82) is 0 Å². The van der Waals surface area contributed by atoms with Gasteiger partial charge in [-0.2, -0.15) is 5.10 Å². The van der Waals surface area contributed by atoms with Crippen molar-refractivity contribution in [2.75, 3.05) is 7.05 Å². The number of nitrogens with zero attached hydrogens (tertiary/aromatic N) is 2. The van der Waals surface area contributed by atoms with E-state index in [1.165, 1.54) is 10.7 Å². The van der Waals surface area contributed by atoms with Crippen LogP contribution in [-0.4, -0.2) is 16.8 Å². The second-order valence-corrected chi connectivity index (χ2v) is 3.42. The maximum absolute atomic E-state index is 13.0. The Kier molecular flexibility index (Phi) is 2.96. The van der Waals surface area contributed by atoms with E-state index in [1.54, 1.807) is 12.4 Å². The van der Waals surface area contributed by atoms with Crippen LogP contribution >= 0.6 is 0 Å². The van der Waals surface area contributed by atoms with Gasteiger partial charge in [0.15, 0.2) is 11.6 Å². The van der Waals surface area contributed by atoms with E-state index in [2.05, 4.69) is 10.4 Å². The minimum Gasteiger partial charge on any atom is -0.316 e. The first kappa shape index (κ1) is 10.8. The molecule has 16 heavy (non-hydrogen) atoms. The molecule has 5 heteroatoms. The van der Waals surface area contributed by atoms with Crippen LogP contribution in [0.15, 0.2) is 30.6 Å². The van der Waals surface area contributed by atoms with Crippen molar-refractivity contribution in [3.05, 3.63) is 47.8 Å². The van der Waals surface area contributed by atoms with Crippen LogP contribution in [0.5, 0.6) is 0 Å². The fourth-order valence-electron chi connectivity index (χ4n) is 1.42. The van der Waals surface area contributed by atoms with Crippen LogP contribution in [-0.2, 0) is 6.54 Å². The summed E-state index contributed by atoms with van der Waals surface area (Å²) in [4.78, 5) is 0. The van der Waals surface area contributed by atoms with Crippen molar-refractivity contribution in [2.45, 2.75) is 6.54 Å². The Labute approximate surface area is 91.7 Å². The van der Waals surface area contributed by atoms with Crippen LogP contribution < -0.4 is 5.32 Å². The summed E-state index contributed by atoms with van der Waals surface area (Å²) >= 11 is 0. The lowest BCUT2D eigenvalue weighted by molar-refractivity contribution is 0.507. The van der Waals surface area contributed by atoms with E-state index in [9.17, 15) is 8.78 Å². The maximum atomic E-state index is 13.0. The van der Waals surface area contributed by atoms with Crippen molar-refractivity contribution in [3.8, 4) is 5.69 Å². The molecular weight excluding hydrogens is 212 g/mol. The second-order valence-electron chi connectivity index (χ2n) is 3.42. The third kappa shape index (κ3) is 2.09. The highest BCUT2D eigenvalue weighted by molar-refractivity contribution is 5.32. The van der Waals surface area contributed by atoms with E-state index >= 15 is 0 Å². The van der Waals surface area contributed by atoms with Crippen molar-refractivity contribution in [3.63, 3.8) is 0 Å². The fraction of sp³-hybridized carbons (Fsp3) is 0.182. The van der Waals surface area contributed by atoms with Crippen molar-refractivity contribution in [1.82, 2.24) is 15.1 Å². The van der Waals surface area contributed by atoms with Crippen LogP contribution in [0.25, 0.3) is 5.69 Å². The molecule has 0 bridgehead atoms. The fourth-order valence-corrected chi connectivity index (χ4v) is 1.42. The highest BCUT2D eigenvalue weighted by Crippen LogP contribution is 2.12. The van der Waals surface area contributed by atoms with E-state index in [1.807, 2.05) is 7.05 Å². The molecule has 0 atom stereocenters. The Balaban J connectivity index is 2.31. The number of nitrogens with one attached hydrogen (secondary N) is 1. The summed E-state index contributed by atoms with van der Waals surface area (Å²) < 4.78 is 27.2. The predicted molar refractivity (Wildman–Crippen MR) is 56.2 cm³/mol. The number of rotatable bonds is 3. The van der Waals surface area contributed by atoms with Crippen LogP contribution in [0.2, 0.25) is 0 Å². The van der Waals surface area contributed by atoms with Gasteiger partial charge in [-0.3, -0.25) is 0 Å². The van der Waals surface area contributed by atoms with Gasteiger partial charge in [-0.25, -0.2) is 13.5 Å². The lowest BCUT2D eigenvalue weighted by Gasteiger charge is -2.01. The molecule has 2 aromatic rings. The first-order chi connectivity index (χ1) is 7.70. The van der Waals surface area contributed by atoms with Crippen LogP contribution in [0.4, 0.5) is 8.78 Å². The monoisotopic (exact) mass is 223 g/mol. The zero-order valence-corrected chi connectivity index (χ0v) is 8.74. The molecule has 0 aliphatic carbocycles. The molecule has 0 spiro atoms. The van der Waals surface area contributed by atoms with Crippen molar-refractivity contribution >= 4 is 0 Å². The summed E-state index contributed by atoms with van der Waals surface area (Å²) in [6, 6.07) is 3.68. The van der Waals surface area contributed by atoms with Gasteiger partial charge < -0.3 is 5.32 Å². The number of hydrogen-bond donors (Lipinski definition) is 1. The molecular formula is C11H11F2N3. The number of hydrogen-bond acceptors (Lipinski definition) is 2. The third-order valence-electron chi connectivity index (χ3n) is 2.18. The normalized spacial score (nSPS) is 10.7. The molecule has 2 rings (SSSR count). The minimum atomic E-state index is -0.872. The molecule has 0 aliphatic rings. The topological polar surface area (TPSA) is 29.9 Å². The van der Waals surface area contributed by atoms with E-state index < -0.39 is 11.6 Å². The second kappa shape index (κ2) is 4.40. The molecule has 1 aromatic heterocycles. The van der Waals surface area contributed by atoms with Gasteiger partial charge in [0, 0.05) is 24.4 Å². The van der Waals surface area contributed by atoms with Gasteiger partial charge in [0.25, 0.3) is 0 Å². The van der Waals surface area contributed by atoms with Crippen LogP contribution in [0.1, 0.15) is 5.56 Å². The zero-order chi connectivity index (χ0) is 11.5. The molecule has 1 N–H and O–H groups in total. The summed E-state index contributed by atoms with van der Waals surface area (Å²) in [6.07, 6.45) is 3.45. The standard InChI is InChI=1S/C11H11F2N3/c1-14-5-8-6-15-16(7-8)9-2-3-10(12)11(13)4-9/h2-4,6-7,14H,5H2,1H3. The average molecular weight is 223 g/mol. The number of halogens is 2. The zero-order valence-electron chi connectivity index (χ0n) is 8.74. The minimum absolute atomic E-state index is 0.501.